The van der Waals surface area contributed by atoms with Crippen LogP contribution in [0.2, 0.25) is 5.02 Å². The van der Waals surface area contributed by atoms with Crippen molar-refractivity contribution in [2.45, 2.75) is 13.1 Å². The van der Waals surface area contributed by atoms with Crippen LogP contribution < -0.4 is 5.32 Å². The summed E-state index contributed by atoms with van der Waals surface area (Å²) in [6.45, 7) is 1.69. The van der Waals surface area contributed by atoms with Crippen LogP contribution in [-0.4, -0.2) is 0 Å². The average molecular weight is 396 g/mol. The Kier molecular flexibility index (Phi) is 5.06. The average Bonchev–Trinajstić information content (AvgIpc) is 2.58. The van der Waals surface area contributed by atoms with Gasteiger partial charge in [0.2, 0.25) is 0 Å². The third kappa shape index (κ3) is 4.07. The van der Waals surface area contributed by atoms with Crippen LogP contribution in [0.1, 0.15) is 10.4 Å². The van der Waals surface area contributed by atoms with E-state index in [2.05, 4.69) is 49.3 Å². The molecule has 0 bridgehead atoms. The van der Waals surface area contributed by atoms with Gasteiger partial charge in [-0.2, -0.15) is 0 Å². The zero-order chi connectivity index (χ0) is 12.3. The van der Waals surface area contributed by atoms with Gasteiger partial charge < -0.3 is 5.32 Å². The first kappa shape index (κ1) is 13.6. The predicted octanol–water partition coefficient (Wildman–Crippen LogP) is 5.22. The SMILES string of the molecule is Clc1cccc(CNCc2cc(Br)c(Br)s2)c1. The molecule has 17 heavy (non-hydrogen) atoms. The van der Waals surface area contributed by atoms with Crippen molar-refractivity contribution in [2.75, 3.05) is 0 Å². The van der Waals surface area contributed by atoms with Crippen molar-refractivity contribution in [3.63, 3.8) is 0 Å². The molecule has 0 aliphatic rings. The van der Waals surface area contributed by atoms with E-state index in [1.165, 1.54) is 10.4 Å². The van der Waals surface area contributed by atoms with Crippen molar-refractivity contribution >= 4 is 54.8 Å². The van der Waals surface area contributed by atoms with Crippen molar-refractivity contribution in [3.8, 4) is 0 Å². The highest BCUT2D eigenvalue weighted by atomic mass is 79.9. The van der Waals surface area contributed by atoms with Crippen LogP contribution in [0.5, 0.6) is 0 Å². The van der Waals surface area contributed by atoms with Gasteiger partial charge in [-0.05, 0) is 55.6 Å². The first-order chi connectivity index (χ1) is 8.15. The lowest BCUT2D eigenvalue weighted by molar-refractivity contribution is 0.701. The minimum Gasteiger partial charge on any atom is -0.308 e. The van der Waals surface area contributed by atoms with Crippen molar-refractivity contribution in [3.05, 3.63) is 54.1 Å². The van der Waals surface area contributed by atoms with Gasteiger partial charge in [-0.15, -0.1) is 11.3 Å². The topological polar surface area (TPSA) is 12.0 Å². The molecule has 0 saturated heterocycles. The predicted molar refractivity (Wildman–Crippen MR) is 81.7 cm³/mol. The van der Waals surface area contributed by atoms with Crippen LogP contribution in [0.4, 0.5) is 0 Å². The van der Waals surface area contributed by atoms with Gasteiger partial charge in [-0.1, -0.05) is 23.7 Å². The minimum atomic E-state index is 0.783. The van der Waals surface area contributed by atoms with Crippen molar-refractivity contribution < 1.29 is 0 Å². The number of benzene rings is 1. The quantitative estimate of drug-likeness (QED) is 0.749. The van der Waals surface area contributed by atoms with E-state index in [0.717, 1.165) is 26.4 Å². The Morgan fingerprint density at radius 3 is 2.65 bits per heavy atom. The summed E-state index contributed by atoms with van der Waals surface area (Å²) in [5, 5.41) is 4.18. The first-order valence-electron chi connectivity index (χ1n) is 5.04. The standard InChI is InChI=1S/C12H10Br2ClNS/c13-11-5-10(17-12(11)14)7-16-6-8-2-1-3-9(15)4-8/h1-5,16H,6-7H2. The molecule has 5 heteroatoms. The summed E-state index contributed by atoms with van der Waals surface area (Å²) < 4.78 is 2.25. The van der Waals surface area contributed by atoms with Gasteiger partial charge in [0.05, 0.1) is 3.79 Å². The molecule has 1 nitrogen and oxygen atoms in total. The van der Waals surface area contributed by atoms with Crippen LogP contribution in [0, 0.1) is 0 Å². The molecule has 0 amide bonds. The Balaban J connectivity index is 1.87. The maximum absolute atomic E-state index is 5.93. The van der Waals surface area contributed by atoms with Crippen molar-refractivity contribution in [1.29, 1.82) is 0 Å². The van der Waals surface area contributed by atoms with E-state index in [1.807, 2.05) is 18.2 Å². The van der Waals surface area contributed by atoms with Crippen LogP contribution in [0.3, 0.4) is 0 Å². The van der Waals surface area contributed by atoms with Crippen molar-refractivity contribution in [2.24, 2.45) is 0 Å². The second kappa shape index (κ2) is 6.34. The molecule has 1 aromatic carbocycles. The monoisotopic (exact) mass is 393 g/mol. The lowest BCUT2D eigenvalue weighted by atomic mass is 10.2. The highest BCUT2D eigenvalue weighted by Gasteiger charge is 2.03. The molecule has 0 spiro atoms. The summed E-state index contributed by atoms with van der Waals surface area (Å²) in [5.74, 6) is 0. The first-order valence-corrected chi connectivity index (χ1v) is 7.82. The number of nitrogens with one attached hydrogen (secondary N) is 1. The zero-order valence-corrected chi connectivity index (χ0v) is 13.6. The molecule has 0 aliphatic carbocycles. The third-order valence-corrected chi connectivity index (χ3v) is 5.70. The van der Waals surface area contributed by atoms with E-state index in [0.29, 0.717) is 0 Å². The van der Waals surface area contributed by atoms with E-state index < -0.39 is 0 Å². The lowest BCUT2D eigenvalue weighted by Crippen LogP contribution is -2.11. The number of halogens is 3. The van der Waals surface area contributed by atoms with Gasteiger partial charge in [-0.25, -0.2) is 0 Å². The molecule has 0 atom stereocenters. The summed E-state index contributed by atoms with van der Waals surface area (Å²) >= 11 is 14.6. The second-order valence-electron chi connectivity index (χ2n) is 3.57. The van der Waals surface area contributed by atoms with Gasteiger partial charge in [0.1, 0.15) is 0 Å². The van der Waals surface area contributed by atoms with Gasteiger partial charge in [0.25, 0.3) is 0 Å². The highest BCUT2D eigenvalue weighted by molar-refractivity contribution is 9.13. The van der Waals surface area contributed by atoms with E-state index in [1.54, 1.807) is 11.3 Å². The third-order valence-electron chi connectivity index (χ3n) is 2.21. The molecule has 2 rings (SSSR count). The normalized spacial score (nSPS) is 10.8. The smallest absolute Gasteiger partial charge is 0.0843 e. The molecule has 1 aromatic heterocycles. The van der Waals surface area contributed by atoms with Crippen LogP contribution in [0.25, 0.3) is 0 Å². The Bertz CT molecular complexity index is 493. The molecule has 1 heterocycles. The Hall–Kier alpha value is 0.130. The summed E-state index contributed by atoms with van der Waals surface area (Å²) in [6.07, 6.45) is 0. The van der Waals surface area contributed by atoms with Crippen LogP contribution >= 0.6 is 54.8 Å². The fourth-order valence-electron chi connectivity index (χ4n) is 1.46. The summed E-state index contributed by atoms with van der Waals surface area (Å²) in [4.78, 5) is 1.30. The van der Waals surface area contributed by atoms with Crippen molar-refractivity contribution in [1.82, 2.24) is 5.32 Å². The number of thiophene rings is 1. The molecule has 0 fully saturated rings. The Labute approximate surface area is 126 Å². The van der Waals surface area contributed by atoms with E-state index in [4.69, 9.17) is 11.6 Å². The largest absolute Gasteiger partial charge is 0.308 e. The maximum atomic E-state index is 5.93. The lowest BCUT2D eigenvalue weighted by Gasteiger charge is -2.03. The number of hydrogen-bond acceptors (Lipinski definition) is 2. The zero-order valence-electron chi connectivity index (χ0n) is 8.84. The van der Waals surface area contributed by atoms with E-state index in [9.17, 15) is 0 Å². The fourth-order valence-corrected chi connectivity index (χ4v) is 3.81. The van der Waals surface area contributed by atoms with E-state index >= 15 is 0 Å². The Morgan fingerprint density at radius 1 is 1.18 bits per heavy atom. The molecular formula is C12H10Br2ClNS. The van der Waals surface area contributed by atoms with E-state index in [-0.39, 0.29) is 0 Å². The van der Waals surface area contributed by atoms with Crippen LogP contribution in [-0.2, 0) is 13.1 Å². The molecule has 0 aliphatic heterocycles. The Morgan fingerprint density at radius 2 is 2.00 bits per heavy atom. The van der Waals surface area contributed by atoms with Gasteiger partial charge in [0.15, 0.2) is 0 Å². The molecule has 0 saturated carbocycles. The second-order valence-corrected chi connectivity index (χ2v) is 7.31. The summed E-state index contributed by atoms with van der Waals surface area (Å²) in [5.41, 5.74) is 1.20. The van der Waals surface area contributed by atoms with Gasteiger partial charge in [-0.3, -0.25) is 0 Å². The molecule has 2 aromatic rings. The summed E-state index contributed by atoms with van der Waals surface area (Å²) in [7, 11) is 0. The highest BCUT2D eigenvalue weighted by Crippen LogP contribution is 2.32. The molecule has 1 N–H and O–H groups in total. The number of hydrogen-bond donors (Lipinski definition) is 1. The van der Waals surface area contributed by atoms with Gasteiger partial charge >= 0.3 is 0 Å². The van der Waals surface area contributed by atoms with Crippen LogP contribution in [0.15, 0.2) is 38.6 Å². The minimum absolute atomic E-state index is 0.783. The van der Waals surface area contributed by atoms with Gasteiger partial charge in [0, 0.05) is 27.5 Å². The molecule has 0 unspecified atom stereocenters. The maximum Gasteiger partial charge on any atom is 0.0843 e. The fraction of sp³-hybridized carbons (Fsp3) is 0.167. The molecule has 90 valence electrons. The molecular weight excluding hydrogens is 385 g/mol. The molecule has 0 radical (unpaired) electrons. The summed E-state index contributed by atoms with van der Waals surface area (Å²) in [6, 6.07) is 10.0. The number of rotatable bonds is 4.